The fourth-order valence-corrected chi connectivity index (χ4v) is 2.39. The van der Waals surface area contributed by atoms with E-state index in [1.54, 1.807) is 17.7 Å². The van der Waals surface area contributed by atoms with Crippen LogP contribution in [0, 0.1) is 0 Å². The van der Waals surface area contributed by atoms with Gasteiger partial charge in [-0.15, -0.1) is 11.3 Å². The van der Waals surface area contributed by atoms with Crippen molar-refractivity contribution in [3.05, 3.63) is 53.0 Å². The molecule has 5 heteroatoms. The van der Waals surface area contributed by atoms with Crippen LogP contribution >= 0.6 is 11.3 Å². The molecule has 0 aliphatic rings. The first-order valence-corrected chi connectivity index (χ1v) is 6.47. The van der Waals surface area contributed by atoms with Crippen LogP contribution in [0.3, 0.4) is 0 Å². The van der Waals surface area contributed by atoms with E-state index in [4.69, 9.17) is 5.73 Å². The molecule has 0 amide bonds. The van der Waals surface area contributed by atoms with Crippen LogP contribution in [-0.4, -0.2) is 14.8 Å². The first-order valence-electron chi connectivity index (χ1n) is 5.59. The number of hydrogen-bond acceptors (Lipinski definition) is 4. The molecule has 0 aliphatic carbocycles. The molecule has 0 unspecified atom stereocenters. The van der Waals surface area contributed by atoms with Crippen LogP contribution in [0.5, 0.6) is 0 Å². The van der Waals surface area contributed by atoms with Crippen molar-refractivity contribution in [2.75, 3.05) is 5.73 Å². The van der Waals surface area contributed by atoms with E-state index < -0.39 is 0 Å². The van der Waals surface area contributed by atoms with Gasteiger partial charge < -0.3 is 5.73 Å². The molecule has 2 N–H and O–H groups in total. The van der Waals surface area contributed by atoms with Gasteiger partial charge in [-0.05, 0) is 35.7 Å². The van der Waals surface area contributed by atoms with E-state index in [0.717, 1.165) is 23.6 Å². The molecule has 0 bridgehead atoms. The van der Waals surface area contributed by atoms with Crippen molar-refractivity contribution in [2.45, 2.75) is 6.54 Å². The monoisotopic (exact) mass is 256 g/mol. The summed E-state index contributed by atoms with van der Waals surface area (Å²) in [4.78, 5) is 5.58. The molecule has 0 spiro atoms. The minimum atomic E-state index is 0.728. The van der Waals surface area contributed by atoms with Gasteiger partial charge in [0.05, 0.1) is 6.54 Å². The number of hydrogen-bond donors (Lipinski definition) is 1. The quantitative estimate of drug-likeness (QED) is 0.733. The van der Waals surface area contributed by atoms with Gasteiger partial charge >= 0.3 is 0 Å². The highest BCUT2D eigenvalue weighted by Gasteiger charge is 2.04. The van der Waals surface area contributed by atoms with Gasteiger partial charge in [0.15, 0.2) is 5.82 Å². The summed E-state index contributed by atoms with van der Waals surface area (Å²) < 4.78 is 1.84. The summed E-state index contributed by atoms with van der Waals surface area (Å²) in [6.07, 6.45) is 1.76. The molecule has 0 radical (unpaired) electrons. The molecule has 0 saturated carbocycles. The second-order valence-electron chi connectivity index (χ2n) is 3.97. The summed E-state index contributed by atoms with van der Waals surface area (Å²) in [6.45, 7) is 0.764. The number of nitrogens with two attached hydrogens (primary N) is 1. The minimum absolute atomic E-state index is 0.728. The molecule has 0 saturated heterocycles. The summed E-state index contributed by atoms with van der Waals surface area (Å²) in [5.41, 5.74) is 7.38. The Hall–Kier alpha value is -2.14. The van der Waals surface area contributed by atoms with Crippen LogP contribution in [0.2, 0.25) is 0 Å². The van der Waals surface area contributed by atoms with Gasteiger partial charge in [-0.1, -0.05) is 6.07 Å². The number of nitrogen functional groups attached to an aromatic ring is 1. The Morgan fingerprint density at radius 1 is 1.17 bits per heavy atom. The van der Waals surface area contributed by atoms with Crippen LogP contribution in [0.25, 0.3) is 11.4 Å². The van der Waals surface area contributed by atoms with Gasteiger partial charge in [0.1, 0.15) is 6.33 Å². The van der Waals surface area contributed by atoms with Crippen LogP contribution < -0.4 is 5.73 Å². The molecule has 4 nitrogen and oxygen atoms in total. The molecule has 0 fully saturated rings. The Morgan fingerprint density at radius 3 is 2.72 bits per heavy atom. The maximum Gasteiger partial charge on any atom is 0.181 e. The van der Waals surface area contributed by atoms with Crippen molar-refractivity contribution in [1.29, 1.82) is 0 Å². The summed E-state index contributed by atoms with van der Waals surface area (Å²) >= 11 is 1.72. The van der Waals surface area contributed by atoms with E-state index >= 15 is 0 Å². The zero-order chi connectivity index (χ0) is 12.4. The zero-order valence-electron chi connectivity index (χ0n) is 9.65. The molecule has 90 valence electrons. The lowest BCUT2D eigenvalue weighted by atomic mass is 10.2. The molecule has 0 aliphatic heterocycles. The van der Waals surface area contributed by atoms with Crippen molar-refractivity contribution in [2.24, 2.45) is 0 Å². The number of nitrogens with zero attached hydrogens (tertiary/aromatic N) is 3. The highest BCUT2D eigenvalue weighted by molar-refractivity contribution is 7.09. The predicted octanol–water partition coefficient (Wildman–Crippen LogP) is 2.64. The predicted molar refractivity (Wildman–Crippen MR) is 73.3 cm³/mol. The Morgan fingerprint density at radius 2 is 2.00 bits per heavy atom. The lowest BCUT2D eigenvalue weighted by Gasteiger charge is -1.97. The van der Waals surface area contributed by atoms with Crippen molar-refractivity contribution in [3.63, 3.8) is 0 Å². The number of benzene rings is 1. The topological polar surface area (TPSA) is 56.7 Å². The van der Waals surface area contributed by atoms with Crippen molar-refractivity contribution in [1.82, 2.24) is 14.8 Å². The molecular formula is C13H12N4S. The third-order valence-corrected chi connectivity index (χ3v) is 3.46. The molecule has 18 heavy (non-hydrogen) atoms. The number of aromatic nitrogens is 3. The Labute approximate surface area is 109 Å². The largest absolute Gasteiger partial charge is 0.399 e. The zero-order valence-corrected chi connectivity index (χ0v) is 10.5. The average molecular weight is 256 g/mol. The molecule has 2 heterocycles. The van der Waals surface area contributed by atoms with E-state index in [1.807, 2.05) is 35.0 Å². The fraction of sp³-hybridized carbons (Fsp3) is 0.0769. The molecule has 0 atom stereocenters. The van der Waals surface area contributed by atoms with E-state index in [9.17, 15) is 0 Å². The smallest absolute Gasteiger partial charge is 0.181 e. The Balaban J connectivity index is 1.83. The lowest BCUT2D eigenvalue weighted by molar-refractivity contribution is 0.695. The van der Waals surface area contributed by atoms with Gasteiger partial charge in [0.2, 0.25) is 0 Å². The first kappa shape index (κ1) is 11.0. The molecular weight excluding hydrogens is 244 g/mol. The second kappa shape index (κ2) is 4.62. The van der Waals surface area contributed by atoms with Crippen LogP contribution in [0.15, 0.2) is 48.1 Å². The van der Waals surface area contributed by atoms with Gasteiger partial charge in [0, 0.05) is 16.1 Å². The van der Waals surface area contributed by atoms with Gasteiger partial charge in [0.25, 0.3) is 0 Å². The third-order valence-electron chi connectivity index (χ3n) is 2.60. The first-order chi connectivity index (χ1) is 8.81. The maximum absolute atomic E-state index is 5.66. The van der Waals surface area contributed by atoms with Crippen molar-refractivity contribution >= 4 is 17.0 Å². The minimum Gasteiger partial charge on any atom is -0.399 e. The number of anilines is 1. The normalized spacial score (nSPS) is 10.7. The van der Waals surface area contributed by atoms with Gasteiger partial charge in [-0.2, -0.15) is 5.10 Å². The van der Waals surface area contributed by atoms with E-state index in [1.165, 1.54) is 4.88 Å². The highest BCUT2D eigenvalue weighted by atomic mass is 32.1. The highest BCUT2D eigenvalue weighted by Crippen LogP contribution is 2.17. The van der Waals surface area contributed by atoms with Crippen LogP contribution in [-0.2, 0) is 6.54 Å². The summed E-state index contributed by atoms with van der Waals surface area (Å²) in [7, 11) is 0. The molecule has 3 rings (SSSR count). The number of rotatable bonds is 3. The SMILES string of the molecule is Nc1ccc(-c2ncn(Cc3cccs3)n2)cc1. The van der Waals surface area contributed by atoms with Crippen LogP contribution in [0.1, 0.15) is 4.88 Å². The maximum atomic E-state index is 5.66. The fourth-order valence-electron chi connectivity index (χ4n) is 1.70. The van der Waals surface area contributed by atoms with Gasteiger partial charge in [-0.3, -0.25) is 0 Å². The number of thiophene rings is 1. The lowest BCUT2D eigenvalue weighted by Crippen LogP contribution is -1.98. The van der Waals surface area contributed by atoms with Gasteiger partial charge in [-0.25, -0.2) is 9.67 Å². The Kier molecular flexibility index (Phi) is 2.82. The standard InChI is InChI=1S/C13H12N4S/c14-11-5-3-10(4-6-11)13-15-9-17(16-13)8-12-2-1-7-18-12/h1-7,9H,8,14H2. The Bertz CT molecular complexity index is 625. The van der Waals surface area contributed by atoms with E-state index in [2.05, 4.69) is 21.5 Å². The second-order valence-corrected chi connectivity index (χ2v) is 5.00. The van der Waals surface area contributed by atoms with E-state index in [0.29, 0.717) is 0 Å². The van der Waals surface area contributed by atoms with Crippen LogP contribution in [0.4, 0.5) is 5.69 Å². The van der Waals surface area contributed by atoms with Crippen molar-refractivity contribution in [3.8, 4) is 11.4 Å². The summed E-state index contributed by atoms with van der Waals surface area (Å²) in [5, 5.41) is 6.52. The molecule has 1 aromatic carbocycles. The molecule has 3 aromatic rings. The average Bonchev–Trinajstić information content (AvgIpc) is 3.02. The van der Waals surface area contributed by atoms with Crippen molar-refractivity contribution < 1.29 is 0 Å². The third kappa shape index (κ3) is 2.26. The molecule has 2 aromatic heterocycles. The summed E-state index contributed by atoms with van der Waals surface area (Å²) in [6, 6.07) is 11.7. The van der Waals surface area contributed by atoms with E-state index in [-0.39, 0.29) is 0 Å². The summed E-state index contributed by atoms with van der Waals surface area (Å²) in [5.74, 6) is 0.728.